The second kappa shape index (κ2) is 7.13. The van der Waals surface area contributed by atoms with Crippen molar-refractivity contribution in [3.63, 3.8) is 0 Å². The van der Waals surface area contributed by atoms with Gasteiger partial charge >= 0.3 is 0 Å². The van der Waals surface area contributed by atoms with E-state index >= 15 is 0 Å². The predicted molar refractivity (Wildman–Crippen MR) is 84.6 cm³/mol. The zero-order valence-corrected chi connectivity index (χ0v) is 13.7. The standard InChI is InChI=1S/C14H19N3O2S2/c1-11(2)16-10-13-14(5-7-20-13)21(18,19)17-9-12-4-3-6-15-8-12/h3-8,11,16-17H,9-10H2,1-2H3. The number of aromatic nitrogens is 1. The smallest absolute Gasteiger partial charge is 0.242 e. The molecule has 0 amide bonds. The van der Waals surface area contributed by atoms with Gasteiger partial charge in [0.15, 0.2) is 0 Å². The SMILES string of the molecule is CC(C)NCc1sccc1S(=O)(=O)NCc1cccnc1. The normalized spacial score (nSPS) is 12.0. The summed E-state index contributed by atoms with van der Waals surface area (Å²) in [5.74, 6) is 0. The van der Waals surface area contributed by atoms with Crippen molar-refractivity contribution in [1.82, 2.24) is 15.0 Å². The second-order valence-electron chi connectivity index (χ2n) is 4.93. The summed E-state index contributed by atoms with van der Waals surface area (Å²) in [4.78, 5) is 5.14. The summed E-state index contributed by atoms with van der Waals surface area (Å²) in [6, 6.07) is 5.58. The Hall–Kier alpha value is -1.28. The molecule has 0 aliphatic rings. The van der Waals surface area contributed by atoms with Crippen molar-refractivity contribution >= 4 is 21.4 Å². The third-order valence-electron chi connectivity index (χ3n) is 2.85. The third-order valence-corrected chi connectivity index (χ3v) is 5.39. The molecule has 21 heavy (non-hydrogen) atoms. The van der Waals surface area contributed by atoms with Crippen molar-refractivity contribution in [2.24, 2.45) is 0 Å². The highest BCUT2D eigenvalue weighted by Crippen LogP contribution is 2.22. The molecule has 0 aromatic carbocycles. The largest absolute Gasteiger partial charge is 0.310 e. The first-order valence-electron chi connectivity index (χ1n) is 6.67. The first-order valence-corrected chi connectivity index (χ1v) is 9.03. The maximum absolute atomic E-state index is 12.4. The number of hydrogen-bond donors (Lipinski definition) is 2. The molecule has 0 atom stereocenters. The Morgan fingerprint density at radius 3 is 2.76 bits per heavy atom. The van der Waals surface area contributed by atoms with E-state index in [1.165, 1.54) is 11.3 Å². The number of nitrogens with one attached hydrogen (secondary N) is 2. The Balaban J connectivity index is 2.07. The zero-order valence-electron chi connectivity index (χ0n) is 12.0. The monoisotopic (exact) mass is 325 g/mol. The van der Waals surface area contributed by atoms with E-state index in [0.29, 0.717) is 17.5 Å². The maximum Gasteiger partial charge on any atom is 0.242 e. The van der Waals surface area contributed by atoms with Gasteiger partial charge in [0.05, 0.1) is 4.90 Å². The van der Waals surface area contributed by atoms with Crippen LogP contribution in [-0.4, -0.2) is 19.4 Å². The van der Waals surface area contributed by atoms with Crippen molar-refractivity contribution in [3.8, 4) is 0 Å². The van der Waals surface area contributed by atoms with Crippen molar-refractivity contribution in [2.45, 2.75) is 37.9 Å². The third kappa shape index (κ3) is 4.60. The molecule has 0 spiro atoms. The van der Waals surface area contributed by atoms with E-state index in [-0.39, 0.29) is 6.54 Å². The molecule has 0 aliphatic heterocycles. The summed E-state index contributed by atoms with van der Waals surface area (Å²) in [6.07, 6.45) is 3.31. The molecule has 7 heteroatoms. The van der Waals surface area contributed by atoms with E-state index in [2.05, 4.69) is 15.0 Å². The van der Waals surface area contributed by atoms with Gasteiger partial charge in [-0.15, -0.1) is 11.3 Å². The highest BCUT2D eigenvalue weighted by Gasteiger charge is 2.19. The quantitative estimate of drug-likeness (QED) is 0.818. The molecule has 0 bridgehead atoms. The lowest BCUT2D eigenvalue weighted by Gasteiger charge is -2.10. The molecule has 0 saturated carbocycles. The van der Waals surface area contributed by atoms with Crippen molar-refractivity contribution in [3.05, 3.63) is 46.4 Å². The molecular weight excluding hydrogens is 306 g/mol. The first kappa shape index (κ1) is 16.1. The molecule has 0 radical (unpaired) electrons. The van der Waals surface area contributed by atoms with E-state index in [1.54, 1.807) is 29.9 Å². The fourth-order valence-electron chi connectivity index (χ4n) is 1.75. The van der Waals surface area contributed by atoms with E-state index in [9.17, 15) is 8.42 Å². The highest BCUT2D eigenvalue weighted by molar-refractivity contribution is 7.89. The lowest BCUT2D eigenvalue weighted by Crippen LogP contribution is -2.26. The Morgan fingerprint density at radius 2 is 2.10 bits per heavy atom. The molecular formula is C14H19N3O2S2. The van der Waals surface area contributed by atoms with Crippen LogP contribution in [0.25, 0.3) is 0 Å². The molecule has 2 aromatic heterocycles. The Morgan fingerprint density at radius 1 is 1.29 bits per heavy atom. The lowest BCUT2D eigenvalue weighted by atomic mass is 10.3. The van der Waals surface area contributed by atoms with Crippen LogP contribution in [-0.2, 0) is 23.1 Å². The fourth-order valence-corrected chi connectivity index (χ4v) is 4.16. The molecule has 0 unspecified atom stereocenters. The number of hydrogen-bond acceptors (Lipinski definition) is 5. The van der Waals surface area contributed by atoms with Gasteiger partial charge in [-0.1, -0.05) is 19.9 Å². The minimum absolute atomic E-state index is 0.239. The van der Waals surface area contributed by atoms with Crippen LogP contribution in [0.15, 0.2) is 40.9 Å². The predicted octanol–water partition coefficient (Wildman–Crippen LogP) is 2.12. The number of thiophene rings is 1. The van der Waals surface area contributed by atoms with Gasteiger partial charge in [0.25, 0.3) is 0 Å². The van der Waals surface area contributed by atoms with Gasteiger partial charge in [0.1, 0.15) is 0 Å². The summed E-state index contributed by atoms with van der Waals surface area (Å²) in [7, 11) is -3.50. The van der Waals surface area contributed by atoms with Crippen LogP contribution in [0.3, 0.4) is 0 Å². The van der Waals surface area contributed by atoms with Crippen molar-refractivity contribution < 1.29 is 8.42 Å². The fraction of sp³-hybridized carbons (Fsp3) is 0.357. The molecule has 0 saturated heterocycles. The molecule has 5 nitrogen and oxygen atoms in total. The topological polar surface area (TPSA) is 71.1 Å². The maximum atomic E-state index is 12.4. The van der Waals surface area contributed by atoms with Crippen LogP contribution in [0.2, 0.25) is 0 Å². The van der Waals surface area contributed by atoms with Crippen LogP contribution >= 0.6 is 11.3 Å². The van der Waals surface area contributed by atoms with Gasteiger partial charge in [-0.3, -0.25) is 4.98 Å². The molecule has 0 aliphatic carbocycles. The summed E-state index contributed by atoms with van der Waals surface area (Å²) in [6.45, 7) is 4.85. The van der Waals surface area contributed by atoms with Crippen molar-refractivity contribution in [2.75, 3.05) is 0 Å². The van der Waals surface area contributed by atoms with Crippen LogP contribution < -0.4 is 10.0 Å². The van der Waals surface area contributed by atoms with Crippen LogP contribution in [0.1, 0.15) is 24.3 Å². The van der Waals surface area contributed by atoms with Crippen LogP contribution in [0.4, 0.5) is 0 Å². The lowest BCUT2D eigenvalue weighted by molar-refractivity contribution is 0.571. The average Bonchev–Trinajstić information content (AvgIpc) is 2.93. The Labute approximate surface area is 129 Å². The zero-order chi connectivity index (χ0) is 15.3. The Kier molecular flexibility index (Phi) is 5.46. The number of rotatable bonds is 7. The molecule has 0 fully saturated rings. The summed E-state index contributed by atoms with van der Waals surface area (Å²) in [5, 5.41) is 5.04. The first-order chi connectivity index (χ1) is 9.99. The van der Waals surface area contributed by atoms with Gasteiger partial charge in [-0.25, -0.2) is 13.1 Å². The Bertz CT molecular complexity index is 667. The van der Waals surface area contributed by atoms with Gasteiger partial charge in [0.2, 0.25) is 10.0 Å². The molecule has 2 rings (SSSR count). The highest BCUT2D eigenvalue weighted by atomic mass is 32.2. The number of sulfonamides is 1. The summed E-state index contributed by atoms with van der Waals surface area (Å²) in [5.41, 5.74) is 0.832. The van der Waals surface area contributed by atoms with Crippen molar-refractivity contribution in [1.29, 1.82) is 0 Å². The van der Waals surface area contributed by atoms with Gasteiger partial charge in [-0.05, 0) is 23.1 Å². The average molecular weight is 325 g/mol. The van der Waals surface area contributed by atoms with Gasteiger partial charge < -0.3 is 5.32 Å². The molecule has 2 N–H and O–H groups in total. The minimum Gasteiger partial charge on any atom is -0.310 e. The van der Waals surface area contributed by atoms with Gasteiger partial charge in [0, 0.05) is 36.4 Å². The van der Waals surface area contributed by atoms with Crippen LogP contribution in [0, 0.1) is 0 Å². The van der Waals surface area contributed by atoms with E-state index in [0.717, 1.165) is 10.4 Å². The van der Waals surface area contributed by atoms with E-state index < -0.39 is 10.0 Å². The molecule has 114 valence electrons. The molecule has 2 aromatic rings. The number of nitrogens with zero attached hydrogens (tertiary/aromatic N) is 1. The minimum atomic E-state index is -3.50. The summed E-state index contributed by atoms with van der Waals surface area (Å²) < 4.78 is 27.4. The molecule has 2 heterocycles. The van der Waals surface area contributed by atoms with E-state index in [1.807, 2.05) is 19.9 Å². The number of pyridine rings is 1. The van der Waals surface area contributed by atoms with E-state index in [4.69, 9.17) is 0 Å². The van der Waals surface area contributed by atoms with Crippen LogP contribution in [0.5, 0.6) is 0 Å². The summed E-state index contributed by atoms with van der Waals surface area (Å²) >= 11 is 1.45. The van der Waals surface area contributed by atoms with Gasteiger partial charge in [-0.2, -0.15) is 0 Å². The second-order valence-corrected chi connectivity index (χ2v) is 7.67.